The van der Waals surface area contributed by atoms with E-state index in [0.29, 0.717) is 24.8 Å². The number of ether oxygens (including phenoxy) is 2. The van der Waals surface area contributed by atoms with Crippen LogP contribution in [0.3, 0.4) is 0 Å². The second-order valence-electron chi connectivity index (χ2n) is 8.59. The number of ketones is 1. The Hall–Kier alpha value is -2.79. The van der Waals surface area contributed by atoms with Crippen LogP contribution in [0.1, 0.15) is 56.8 Å². The number of Topliss-reactive ketones (excluding diaryl/α,β-unsaturated/α-hetero) is 1. The average Bonchev–Trinajstić information content (AvgIpc) is 2.81. The number of benzene rings is 1. The van der Waals surface area contributed by atoms with E-state index in [1.165, 1.54) is 38.3 Å². The predicted molar refractivity (Wildman–Crippen MR) is 122 cm³/mol. The van der Waals surface area contributed by atoms with E-state index in [1.54, 1.807) is 0 Å². The third-order valence-corrected chi connectivity index (χ3v) is 7.39. The van der Waals surface area contributed by atoms with Crippen LogP contribution in [-0.2, 0) is 33.9 Å². The zero-order valence-corrected chi connectivity index (χ0v) is 20.7. The van der Waals surface area contributed by atoms with E-state index in [-0.39, 0.29) is 29.6 Å². The molecule has 0 radical (unpaired) electrons. The standard InChI is InChI=1S/C23H32N2O8S/c1-15(2)13-19(22(28)32-4)24-21(27)14-33-23(29)20-7-5-6-12-25(20)34(30,31)18-10-8-17(9-11-18)16(3)26/h8-11,15,19-20H,5-7,12-14H2,1-4H3,(H,24,27). The predicted octanol–water partition coefficient (Wildman–Crippen LogP) is 1.68. The van der Waals surface area contributed by atoms with E-state index < -0.39 is 46.6 Å². The highest BCUT2D eigenvalue weighted by Gasteiger charge is 2.39. The largest absolute Gasteiger partial charge is 0.467 e. The highest BCUT2D eigenvalue weighted by molar-refractivity contribution is 7.89. The zero-order valence-electron chi connectivity index (χ0n) is 19.9. The lowest BCUT2D eigenvalue weighted by Crippen LogP contribution is -2.49. The minimum Gasteiger partial charge on any atom is -0.467 e. The Morgan fingerprint density at radius 3 is 2.32 bits per heavy atom. The molecule has 0 spiro atoms. The molecular formula is C23H32N2O8S. The number of amides is 1. The number of nitrogens with one attached hydrogen (secondary N) is 1. The summed E-state index contributed by atoms with van der Waals surface area (Å²) in [6.07, 6.45) is 1.80. The third-order valence-electron chi connectivity index (χ3n) is 5.47. The van der Waals surface area contributed by atoms with Crippen LogP contribution in [0, 0.1) is 5.92 Å². The van der Waals surface area contributed by atoms with Crippen molar-refractivity contribution in [2.75, 3.05) is 20.3 Å². The summed E-state index contributed by atoms with van der Waals surface area (Å²) >= 11 is 0. The SMILES string of the molecule is COC(=O)C(CC(C)C)NC(=O)COC(=O)C1CCCCN1S(=O)(=O)c1ccc(C(C)=O)cc1. The fraction of sp³-hybridized carbons (Fsp3) is 0.565. The quantitative estimate of drug-likeness (QED) is 0.382. The van der Waals surface area contributed by atoms with E-state index in [0.717, 1.165) is 4.31 Å². The van der Waals surface area contributed by atoms with Crippen molar-refractivity contribution in [2.24, 2.45) is 5.92 Å². The van der Waals surface area contributed by atoms with E-state index in [9.17, 15) is 27.6 Å². The summed E-state index contributed by atoms with van der Waals surface area (Å²) in [5.74, 6) is -2.21. The summed E-state index contributed by atoms with van der Waals surface area (Å²) in [6.45, 7) is 4.62. The minimum atomic E-state index is -4.02. The van der Waals surface area contributed by atoms with Gasteiger partial charge in [-0.2, -0.15) is 4.31 Å². The van der Waals surface area contributed by atoms with Gasteiger partial charge in [-0.25, -0.2) is 13.2 Å². The molecule has 11 heteroatoms. The summed E-state index contributed by atoms with van der Waals surface area (Å²) in [5.41, 5.74) is 0.377. The third kappa shape index (κ3) is 7.10. The van der Waals surface area contributed by atoms with Crippen LogP contribution < -0.4 is 5.32 Å². The molecule has 1 aromatic carbocycles. The lowest BCUT2D eigenvalue weighted by Gasteiger charge is -2.33. The number of methoxy groups -OCH3 is 1. The smallest absolute Gasteiger partial charge is 0.328 e. The van der Waals surface area contributed by atoms with Crippen molar-refractivity contribution in [3.05, 3.63) is 29.8 Å². The lowest BCUT2D eigenvalue weighted by molar-refractivity contribution is -0.154. The number of carbonyl (C=O) groups is 4. The molecule has 2 rings (SSSR count). The van der Waals surface area contributed by atoms with Gasteiger partial charge in [-0.1, -0.05) is 26.0 Å². The number of hydrogen-bond acceptors (Lipinski definition) is 8. The molecule has 2 atom stereocenters. The van der Waals surface area contributed by atoms with Gasteiger partial charge >= 0.3 is 11.9 Å². The van der Waals surface area contributed by atoms with Gasteiger partial charge in [-0.05, 0) is 50.7 Å². The first-order valence-electron chi connectivity index (χ1n) is 11.1. The number of sulfonamides is 1. The second-order valence-corrected chi connectivity index (χ2v) is 10.5. The fourth-order valence-corrected chi connectivity index (χ4v) is 5.37. The Bertz CT molecular complexity index is 1000. The van der Waals surface area contributed by atoms with Crippen LogP contribution >= 0.6 is 0 Å². The average molecular weight is 497 g/mol. The molecule has 1 amide bonds. The van der Waals surface area contributed by atoms with Crippen LogP contribution in [0.15, 0.2) is 29.2 Å². The first-order valence-corrected chi connectivity index (χ1v) is 12.6. The van der Waals surface area contributed by atoms with Crippen LogP contribution in [0.5, 0.6) is 0 Å². The topological polar surface area (TPSA) is 136 Å². The first kappa shape index (κ1) is 27.5. The van der Waals surface area contributed by atoms with Crippen LogP contribution in [0.25, 0.3) is 0 Å². The van der Waals surface area contributed by atoms with E-state index in [4.69, 9.17) is 9.47 Å². The molecule has 0 bridgehead atoms. The van der Waals surface area contributed by atoms with Crippen molar-refractivity contribution >= 4 is 33.7 Å². The molecule has 1 aliphatic rings. The fourth-order valence-electron chi connectivity index (χ4n) is 3.72. The number of nitrogens with zero attached hydrogens (tertiary/aromatic N) is 1. The Kier molecular flexibility index (Phi) is 9.75. The zero-order chi connectivity index (χ0) is 25.5. The molecule has 0 aromatic heterocycles. The molecule has 0 aliphatic carbocycles. The second kappa shape index (κ2) is 12.1. The molecule has 0 saturated carbocycles. The Morgan fingerprint density at radius 2 is 1.76 bits per heavy atom. The lowest BCUT2D eigenvalue weighted by atomic mass is 10.0. The van der Waals surface area contributed by atoms with Gasteiger partial charge < -0.3 is 14.8 Å². The van der Waals surface area contributed by atoms with Crippen molar-refractivity contribution in [1.82, 2.24) is 9.62 Å². The van der Waals surface area contributed by atoms with Crippen LogP contribution in [0.4, 0.5) is 0 Å². The molecule has 1 N–H and O–H groups in total. The summed E-state index contributed by atoms with van der Waals surface area (Å²) in [4.78, 5) is 48.3. The maximum absolute atomic E-state index is 13.2. The molecule has 1 aliphatic heterocycles. The highest BCUT2D eigenvalue weighted by atomic mass is 32.2. The number of carbonyl (C=O) groups excluding carboxylic acids is 4. The molecule has 1 aromatic rings. The van der Waals surface area contributed by atoms with E-state index in [1.807, 2.05) is 13.8 Å². The van der Waals surface area contributed by atoms with Crippen LogP contribution in [-0.4, -0.2) is 68.7 Å². The Balaban J connectivity index is 2.08. The van der Waals surface area contributed by atoms with E-state index in [2.05, 4.69) is 5.32 Å². The maximum Gasteiger partial charge on any atom is 0.328 e. The number of hydrogen-bond donors (Lipinski definition) is 1. The van der Waals surface area contributed by atoms with Gasteiger partial charge in [-0.15, -0.1) is 0 Å². The molecule has 1 fully saturated rings. The summed E-state index contributed by atoms with van der Waals surface area (Å²) in [6, 6.07) is 3.56. The van der Waals surface area contributed by atoms with Gasteiger partial charge in [0, 0.05) is 12.1 Å². The molecular weight excluding hydrogens is 464 g/mol. The van der Waals surface area contributed by atoms with Gasteiger partial charge in [0.05, 0.1) is 12.0 Å². The van der Waals surface area contributed by atoms with Gasteiger partial charge in [0.2, 0.25) is 10.0 Å². The van der Waals surface area contributed by atoms with Gasteiger partial charge in [0.25, 0.3) is 5.91 Å². The summed E-state index contributed by atoms with van der Waals surface area (Å²) in [7, 11) is -2.81. The van der Waals surface area contributed by atoms with Crippen molar-refractivity contribution in [3.63, 3.8) is 0 Å². The number of rotatable bonds is 10. The summed E-state index contributed by atoms with van der Waals surface area (Å²) < 4.78 is 37.3. The van der Waals surface area contributed by atoms with Gasteiger partial charge in [-0.3, -0.25) is 14.4 Å². The van der Waals surface area contributed by atoms with Crippen molar-refractivity contribution in [2.45, 2.75) is 63.4 Å². The normalized spacial score (nSPS) is 17.6. The van der Waals surface area contributed by atoms with Crippen molar-refractivity contribution < 1.29 is 37.1 Å². The van der Waals surface area contributed by atoms with Crippen molar-refractivity contribution in [1.29, 1.82) is 0 Å². The van der Waals surface area contributed by atoms with E-state index >= 15 is 0 Å². The molecule has 2 unspecified atom stereocenters. The Morgan fingerprint density at radius 1 is 1.12 bits per heavy atom. The Labute approximate surface area is 200 Å². The summed E-state index contributed by atoms with van der Waals surface area (Å²) in [5, 5.41) is 2.49. The monoisotopic (exact) mass is 496 g/mol. The molecule has 1 saturated heterocycles. The maximum atomic E-state index is 13.2. The minimum absolute atomic E-state index is 0.0375. The molecule has 188 valence electrons. The van der Waals surface area contributed by atoms with Gasteiger partial charge in [0.15, 0.2) is 12.4 Å². The highest BCUT2D eigenvalue weighted by Crippen LogP contribution is 2.26. The van der Waals surface area contributed by atoms with Gasteiger partial charge in [0.1, 0.15) is 12.1 Å². The first-order chi connectivity index (χ1) is 16.0. The number of esters is 2. The molecule has 34 heavy (non-hydrogen) atoms. The molecule has 10 nitrogen and oxygen atoms in total. The van der Waals surface area contributed by atoms with Crippen LogP contribution in [0.2, 0.25) is 0 Å². The van der Waals surface area contributed by atoms with Crippen molar-refractivity contribution in [3.8, 4) is 0 Å². The number of piperidine rings is 1. The molecule has 1 heterocycles.